The Bertz CT molecular complexity index is 581. The highest BCUT2D eigenvalue weighted by atomic mass is 16.5. The molecule has 19 heavy (non-hydrogen) atoms. The van der Waals surface area contributed by atoms with Crippen molar-refractivity contribution in [2.24, 2.45) is 5.92 Å². The summed E-state index contributed by atoms with van der Waals surface area (Å²) in [5.41, 5.74) is 8.03. The number of hydrogen-bond acceptors (Lipinski definition) is 5. The van der Waals surface area contributed by atoms with E-state index in [0.29, 0.717) is 17.6 Å². The van der Waals surface area contributed by atoms with Crippen LogP contribution in [0.15, 0.2) is 22.6 Å². The predicted molar refractivity (Wildman–Crippen MR) is 75.2 cm³/mol. The van der Waals surface area contributed by atoms with E-state index in [1.807, 2.05) is 18.2 Å². The van der Waals surface area contributed by atoms with Crippen molar-refractivity contribution in [1.82, 2.24) is 4.98 Å². The van der Waals surface area contributed by atoms with Crippen molar-refractivity contribution in [2.75, 3.05) is 30.8 Å². The molecule has 1 aliphatic rings. The SMILES string of the molecule is COC1CN(c2nc3ccc(N)cc3o2)CCC1C. The number of nitrogens with two attached hydrogens (primary N) is 1. The van der Waals surface area contributed by atoms with E-state index in [0.717, 1.165) is 30.6 Å². The fraction of sp³-hybridized carbons (Fsp3) is 0.500. The Kier molecular flexibility index (Phi) is 3.06. The van der Waals surface area contributed by atoms with Gasteiger partial charge in [-0.15, -0.1) is 0 Å². The third-order valence-electron chi connectivity index (χ3n) is 3.86. The molecule has 1 aliphatic heterocycles. The first-order chi connectivity index (χ1) is 9.17. The minimum absolute atomic E-state index is 0.230. The van der Waals surface area contributed by atoms with Gasteiger partial charge >= 0.3 is 0 Å². The quantitative estimate of drug-likeness (QED) is 0.840. The molecule has 102 valence electrons. The second kappa shape index (κ2) is 4.74. The molecule has 5 nitrogen and oxygen atoms in total. The molecule has 0 saturated carbocycles. The maximum absolute atomic E-state index is 5.80. The number of fused-ring (bicyclic) bond motifs is 1. The predicted octanol–water partition coefficient (Wildman–Crippen LogP) is 2.27. The highest BCUT2D eigenvalue weighted by Gasteiger charge is 2.28. The lowest BCUT2D eigenvalue weighted by Crippen LogP contribution is -2.44. The Labute approximate surface area is 112 Å². The molecular weight excluding hydrogens is 242 g/mol. The van der Waals surface area contributed by atoms with Gasteiger partial charge < -0.3 is 19.8 Å². The Hall–Kier alpha value is -1.75. The van der Waals surface area contributed by atoms with Gasteiger partial charge in [-0.2, -0.15) is 4.98 Å². The number of piperidine rings is 1. The normalized spacial score (nSPS) is 24.0. The lowest BCUT2D eigenvalue weighted by molar-refractivity contribution is 0.0486. The summed E-state index contributed by atoms with van der Waals surface area (Å²) in [7, 11) is 1.76. The lowest BCUT2D eigenvalue weighted by atomic mass is 9.96. The van der Waals surface area contributed by atoms with Crippen LogP contribution >= 0.6 is 0 Å². The maximum atomic E-state index is 5.80. The number of hydrogen-bond donors (Lipinski definition) is 1. The third-order valence-corrected chi connectivity index (χ3v) is 3.86. The van der Waals surface area contributed by atoms with Crippen LogP contribution in [0.4, 0.5) is 11.7 Å². The second-order valence-corrected chi connectivity index (χ2v) is 5.21. The van der Waals surface area contributed by atoms with Gasteiger partial charge in [0.1, 0.15) is 5.52 Å². The fourth-order valence-corrected chi connectivity index (χ4v) is 2.58. The van der Waals surface area contributed by atoms with Gasteiger partial charge in [0.25, 0.3) is 6.01 Å². The highest BCUT2D eigenvalue weighted by molar-refractivity contribution is 5.78. The van der Waals surface area contributed by atoms with E-state index >= 15 is 0 Å². The third kappa shape index (κ3) is 2.26. The molecule has 1 fully saturated rings. The molecule has 0 aliphatic carbocycles. The molecule has 0 bridgehead atoms. The number of anilines is 2. The minimum Gasteiger partial charge on any atom is -0.423 e. The van der Waals surface area contributed by atoms with Crippen LogP contribution in [0.5, 0.6) is 0 Å². The van der Waals surface area contributed by atoms with Gasteiger partial charge in [-0.25, -0.2) is 0 Å². The van der Waals surface area contributed by atoms with E-state index in [2.05, 4.69) is 16.8 Å². The minimum atomic E-state index is 0.230. The lowest BCUT2D eigenvalue weighted by Gasteiger charge is -2.35. The molecular formula is C14H19N3O2. The van der Waals surface area contributed by atoms with Crippen molar-refractivity contribution in [2.45, 2.75) is 19.4 Å². The Morgan fingerprint density at radius 2 is 2.32 bits per heavy atom. The van der Waals surface area contributed by atoms with E-state index in [4.69, 9.17) is 14.9 Å². The van der Waals surface area contributed by atoms with Gasteiger partial charge in [-0.1, -0.05) is 6.92 Å². The summed E-state index contributed by atoms with van der Waals surface area (Å²) in [6, 6.07) is 6.20. The number of benzene rings is 1. The van der Waals surface area contributed by atoms with Gasteiger partial charge in [-0.3, -0.25) is 0 Å². The summed E-state index contributed by atoms with van der Waals surface area (Å²) in [6.07, 6.45) is 1.31. The van der Waals surface area contributed by atoms with Crippen molar-refractivity contribution in [3.8, 4) is 0 Å². The zero-order valence-electron chi connectivity index (χ0n) is 11.3. The monoisotopic (exact) mass is 261 g/mol. The first-order valence-electron chi connectivity index (χ1n) is 6.61. The first kappa shape index (κ1) is 12.3. The summed E-state index contributed by atoms with van der Waals surface area (Å²) in [4.78, 5) is 6.66. The number of nitrogen functional groups attached to an aromatic ring is 1. The zero-order chi connectivity index (χ0) is 13.4. The van der Waals surface area contributed by atoms with E-state index in [1.54, 1.807) is 7.11 Å². The second-order valence-electron chi connectivity index (χ2n) is 5.21. The van der Waals surface area contributed by atoms with Crippen LogP contribution in [0.3, 0.4) is 0 Å². The van der Waals surface area contributed by atoms with Crippen molar-refractivity contribution in [3.63, 3.8) is 0 Å². The molecule has 2 aromatic rings. The van der Waals surface area contributed by atoms with Crippen LogP contribution in [0.1, 0.15) is 13.3 Å². The topological polar surface area (TPSA) is 64.5 Å². The average Bonchev–Trinajstić information content (AvgIpc) is 2.82. The summed E-state index contributed by atoms with van der Waals surface area (Å²) < 4.78 is 11.3. The Balaban J connectivity index is 1.87. The van der Waals surface area contributed by atoms with Crippen LogP contribution in [0, 0.1) is 5.92 Å². The van der Waals surface area contributed by atoms with Crippen LogP contribution < -0.4 is 10.6 Å². The number of rotatable bonds is 2. The molecule has 1 aromatic heterocycles. The number of methoxy groups -OCH3 is 1. The van der Waals surface area contributed by atoms with Crippen molar-refractivity contribution in [3.05, 3.63) is 18.2 Å². The number of nitrogens with zero attached hydrogens (tertiary/aromatic N) is 2. The summed E-state index contributed by atoms with van der Waals surface area (Å²) in [6.45, 7) is 3.99. The number of aromatic nitrogens is 1. The molecule has 0 amide bonds. The maximum Gasteiger partial charge on any atom is 0.298 e. The average molecular weight is 261 g/mol. The Morgan fingerprint density at radius 1 is 1.47 bits per heavy atom. The van der Waals surface area contributed by atoms with E-state index < -0.39 is 0 Å². The van der Waals surface area contributed by atoms with Crippen LogP contribution in [-0.4, -0.2) is 31.3 Å². The highest BCUT2D eigenvalue weighted by Crippen LogP contribution is 2.28. The van der Waals surface area contributed by atoms with E-state index in [1.165, 1.54) is 0 Å². The van der Waals surface area contributed by atoms with Crippen molar-refractivity contribution in [1.29, 1.82) is 0 Å². The molecule has 5 heteroatoms. The van der Waals surface area contributed by atoms with Crippen molar-refractivity contribution < 1.29 is 9.15 Å². The van der Waals surface area contributed by atoms with E-state index in [9.17, 15) is 0 Å². The van der Waals surface area contributed by atoms with Crippen LogP contribution in [-0.2, 0) is 4.74 Å². The molecule has 0 radical (unpaired) electrons. The van der Waals surface area contributed by atoms with Gasteiger partial charge in [-0.05, 0) is 24.5 Å². The van der Waals surface area contributed by atoms with Gasteiger partial charge in [0.15, 0.2) is 5.58 Å². The van der Waals surface area contributed by atoms with Gasteiger partial charge in [0.05, 0.1) is 6.10 Å². The fourth-order valence-electron chi connectivity index (χ4n) is 2.58. The zero-order valence-corrected chi connectivity index (χ0v) is 11.3. The summed E-state index contributed by atoms with van der Waals surface area (Å²) in [5, 5.41) is 0. The molecule has 2 atom stereocenters. The summed E-state index contributed by atoms with van der Waals surface area (Å²) in [5.74, 6) is 0.571. The molecule has 0 spiro atoms. The number of oxazole rings is 1. The van der Waals surface area contributed by atoms with Gasteiger partial charge in [0, 0.05) is 32.0 Å². The molecule has 1 saturated heterocycles. The van der Waals surface area contributed by atoms with E-state index in [-0.39, 0.29) is 6.10 Å². The molecule has 2 heterocycles. The number of ether oxygens (including phenoxy) is 1. The Morgan fingerprint density at radius 3 is 3.11 bits per heavy atom. The van der Waals surface area contributed by atoms with Crippen LogP contribution in [0.2, 0.25) is 0 Å². The molecule has 2 N–H and O–H groups in total. The van der Waals surface area contributed by atoms with Crippen molar-refractivity contribution >= 4 is 22.8 Å². The summed E-state index contributed by atoms with van der Waals surface area (Å²) >= 11 is 0. The molecule has 3 rings (SSSR count). The smallest absolute Gasteiger partial charge is 0.298 e. The molecule has 2 unspecified atom stereocenters. The largest absolute Gasteiger partial charge is 0.423 e. The van der Waals surface area contributed by atoms with Crippen LogP contribution in [0.25, 0.3) is 11.1 Å². The van der Waals surface area contributed by atoms with Gasteiger partial charge in [0.2, 0.25) is 0 Å². The standard InChI is InChI=1S/C14H19N3O2/c1-9-5-6-17(8-13(9)18-2)14-16-11-4-3-10(15)7-12(11)19-14/h3-4,7,9,13H,5-6,8,15H2,1-2H3. The molecule has 1 aromatic carbocycles. The first-order valence-corrected chi connectivity index (χ1v) is 6.61.